The summed E-state index contributed by atoms with van der Waals surface area (Å²) in [7, 11) is 0. The third kappa shape index (κ3) is 3.18. The van der Waals surface area contributed by atoms with Gasteiger partial charge in [0.05, 0.1) is 16.5 Å². The lowest BCUT2D eigenvalue weighted by Crippen LogP contribution is -2.50. The van der Waals surface area contributed by atoms with E-state index in [-0.39, 0.29) is 23.1 Å². The fourth-order valence-corrected chi connectivity index (χ4v) is 5.04. The number of aliphatic hydroxyl groups is 1. The zero-order valence-electron chi connectivity index (χ0n) is 14.8. The van der Waals surface area contributed by atoms with Crippen LogP contribution in [0.15, 0.2) is 12.3 Å². The van der Waals surface area contributed by atoms with Gasteiger partial charge >= 0.3 is 0 Å². The van der Waals surface area contributed by atoms with Crippen molar-refractivity contribution in [2.45, 2.75) is 57.1 Å². The molecule has 142 valence electrons. The van der Waals surface area contributed by atoms with E-state index in [2.05, 4.69) is 4.98 Å². The second-order valence-electron chi connectivity index (χ2n) is 7.98. The third-order valence-corrected chi connectivity index (χ3v) is 6.52. The monoisotopic (exact) mass is 381 g/mol. The topological polar surface area (TPSA) is 56.7 Å². The van der Waals surface area contributed by atoms with E-state index in [4.69, 9.17) is 11.6 Å². The molecule has 3 aliphatic rings. The summed E-state index contributed by atoms with van der Waals surface area (Å²) in [6.07, 6.45) is 7.05. The smallest absolute Gasteiger partial charge is 0.230 e. The Morgan fingerprint density at radius 1 is 1.23 bits per heavy atom. The van der Waals surface area contributed by atoms with Crippen molar-refractivity contribution in [3.8, 4) is 0 Å². The van der Waals surface area contributed by atoms with Crippen molar-refractivity contribution >= 4 is 23.3 Å². The average Bonchev–Trinajstić information content (AvgIpc) is 2.92. The van der Waals surface area contributed by atoms with Crippen LogP contribution in [0, 0.1) is 11.2 Å². The first-order valence-corrected chi connectivity index (χ1v) is 9.91. The number of rotatable bonds is 2. The van der Waals surface area contributed by atoms with Crippen LogP contribution in [0.1, 0.15) is 44.9 Å². The molecule has 0 bridgehead atoms. The number of anilines is 1. The maximum absolute atomic E-state index is 14.3. The van der Waals surface area contributed by atoms with Gasteiger partial charge in [0.25, 0.3) is 0 Å². The Morgan fingerprint density at radius 3 is 2.73 bits per heavy atom. The molecule has 3 fully saturated rings. The molecule has 1 saturated carbocycles. The molecule has 1 amide bonds. The number of carbonyl (C=O) groups is 1. The van der Waals surface area contributed by atoms with Crippen molar-refractivity contribution in [2.75, 3.05) is 24.5 Å². The fraction of sp³-hybridized carbons (Fsp3) is 0.684. The molecule has 0 radical (unpaired) electrons. The van der Waals surface area contributed by atoms with Crippen LogP contribution in [0.25, 0.3) is 0 Å². The Labute approximate surface area is 158 Å². The summed E-state index contributed by atoms with van der Waals surface area (Å²) < 4.78 is 14.3. The number of carbonyl (C=O) groups excluding carboxylic acids is 1. The molecule has 26 heavy (non-hydrogen) atoms. The lowest BCUT2D eigenvalue weighted by atomic mass is 9.78. The average molecular weight is 382 g/mol. The van der Waals surface area contributed by atoms with E-state index in [1.165, 1.54) is 12.3 Å². The quantitative estimate of drug-likeness (QED) is 0.855. The molecule has 1 spiro atoms. The second-order valence-corrected chi connectivity index (χ2v) is 8.41. The van der Waals surface area contributed by atoms with Crippen molar-refractivity contribution in [3.05, 3.63) is 23.1 Å². The number of aliphatic hydroxyl groups excluding tert-OH is 1. The number of piperidine rings is 1. The lowest BCUT2D eigenvalue weighted by Gasteiger charge is -2.41. The van der Waals surface area contributed by atoms with Crippen LogP contribution in [0.4, 0.5) is 10.2 Å². The minimum absolute atomic E-state index is 0.206. The summed E-state index contributed by atoms with van der Waals surface area (Å²) >= 11 is 5.82. The maximum atomic E-state index is 14.3. The largest absolute Gasteiger partial charge is 0.393 e. The minimum Gasteiger partial charge on any atom is -0.393 e. The standard InChI is InChI=1S/C19H25ClFN3O2/c20-13-10-16(21)17(22-11-13)23-8-1-6-19(12-23)7-9-24(18(19)26)14-2-4-15(25)5-3-14/h10-11,14-15,25H,1-9,12H2/t14?,15?,19-/m1/s1. The summed E-state index contributed by atoms with van der Waals surface area (Å²) in [4.78, 5) is 21.4. The number of halogens is 2. The number of hydrogen-bond donors (Lipinski definition) is 1. The van der Waals surface area contributed by atoms with Crippen LogP contribution in [0.2, 0.25) is 5.02 Å². The SMILES string of the molecule is O=C1N(C2CCC(O)CC2)CC[C@@]12CCCN(c1ncc(Cl)cc1F)C2. The van der Waals surface area contributed by atoms with Gasteiger partial charge in [0, 0.05) is 31.9 Å². The molecule has 2 saturated heterocycles. The van der Waals surface area contributed by atoms with Gasteiger partial charge < -0.3 is 14.9 Å². The summed E-state index contributed by atoms with van der Waals surface area (Å²) in [5.74, 6) is 0.0663. The summed E-state index contributed by atoms with van der Waals surface area (Å²) in [5.41, 5.74) is -0.429. The molecule has 0 aromatic carbocycles. The van der Waals surface area contributed by atoms with Crippen LogP contribution in [-0.2, 0) is 4.79 Å². The van der Waals surface area contributed by atoms with Crippen molar-refractivity contribution in [2.24, 2.45) is 5.41 Å². The van der Waals surface area contributed by atoms with Gasteiger partial charge in [-0.3, -0.25) is 4.79 Å². The summed E-state index contributed by atoms with van der Waals surface area (Å²) in [6.45, 7) is 1.99. The Hall–Kier alpha value is -1.40. The molecule has 0 unspecified atom stereocenters. The molecular formula is C19H25ClFN3O2. The third-order valence-electron chi connectivity index (χ3n) is 6.32. The number of pyridine rings is 1. The van der Waals surface area contributed by atoms with Crippen LogP contribution in [0.5, 0.6) is 0 Å². The maximum Gasteiger partial charge on any atom is 0.230 e. The van der Waals surface area contributed by atoms with Gasteiger partial charge in [0.2, 0.25) is 5.91 Å². The first kappa shape index (κ1) is 18.0. The van der Waals surface area contributed by atoms with Crippen LogP contribution in [0.3, 0.4) is 0 Å². The highest BCUT2D eigenvalue weighted by molar-refractivity contribution is 6.30. The number of aromatic nitrogens is 1. The normalized spacial score (nSPS) is 32.5. The van der Waals surface area contributed by atoms with Gasteiger partial charge in [-0.2, -0.15) is 0 Å². The zero-order chi connectivity index (χ0) is 18.3. The molecular weight excluding hydrogens is 357 g/mol. The Bertz CT molecular complexity index is 695. The van der Waals surface area contributed by atoms with Crippen LogP contribution < -0.4 is 4.90 Å². The van der Waals surface area contributed by atoms with E-state index in [9.17, 15) is 14.3 Å². The Morgan fingerprint density at radius 2 is 2.00 bits per heavy atom. The Kier molecular flexibility index (Phi) is 4.82. The fourth-order valence-electron chi connectivity index (χ4n) is 4.90. The zero-order valence-corrected chi connectivity index (χ0v) is 15.6. The molecule has 5 nitrogen and oxygen atoms in total. The van der Waals surface area contributed by atoms with Gasteiger partial charge in [0.1, 0.15) is 0 Å². The van der Waals surface area contributed by atoms with Crippen molar-refractivity contribution < 1.29 is 14.3 Å². The first-order chi connectivity index (χ1) is 12.5. The molecule has 1 aromatic rings. The first-order valence-electron chi connectivity index (χ1n) is 9.54. The highest BCUT2D eigenvalue weighted by Gasteiger charge is 2.51. The highest BCUT2D eigenvalue weighted by atomic mass is 35.5. The van der Waals surface area contributed by atoms with Crippen molar-refractivity contribution in [1.82, 2.24) is 9.88 Å². The van der Waals surface area contributed by atoms with Gasteiger partial charge in [-0.25, -0.2) is 9.37 Å². The molecule has 4 rings (SSSR count). The van der Waals surface area contributed by atoms with Gasteiger partial charge in [-0.05, 0) is 51.0 Å². The van der Waals surface area contributed by atoms with E-state index >= 15 is 0 Å². The van der Waals surface area contributed by atoms with Crippen molar-refractivity contribution in [3.63, 3.8) is 0 Å². The van der Waals surface area contributed by atoms with E-state index in [1.54, 1.807) is 0 Å². The number of hydrogen-bond acceptors (Lipinski definition) is 4. The number of amides is 1. The molecule has 1 N–H and O–H groups in total. The number of likely N-dealkylation sites (tertiary alicyclic amines) is 1. The Balaban J connectivity index is 1.50. The number of nitrogens with zero attached hydrogens (tertiary/aromatic N) is 3. The van der Waals surface area contributed by atoms with E-state index in [0.717, 1.165) is 51.5 Å². The molecule has 1 aromatic heterocycles. The molecule has 2 aliphatic heterocycles. The van der Waals surface area contributed by atoms with Crippen LogP contribution in [-0.4, -0.2) is 52.7 Å². The molecule has 3 heterocycles. The van der Waals surface area contributed by atoms with Gasteiger partial charge in [0.15, 0.2) is 11.6 Å². The molecule has 1 aliphatic carbocycles. The van der Waals surface area contributed by atoms with E-state index in [0.29, 0.717) is 18.9 Å². The predicted molar refractivity (Wildman–Crippen MR) is 97.7 cm³/mol. The summed E-state index contributed by atoms with van der Waals surface area (Å²) in [6, 6.07) is 1.52. The second kappa shape index (κ2) is 6.97. The minimum atomic E-state index is -0.432. The van der Waals surface area contributed by atoms with Crippen LogP contribution >= 0.6 is 11.6 Å². The van der Waals surface area contributed by atoms with E-state index in [1.807, 2.05) is 9.80 Å². The van der Waals surface area contributed by atoms with E-state index < -0.39 is 11.2 Å². The highest BCUT2D eigenvalue weighted by Crippen LogP contribution is 2.43. The van der Waals surface area contributed by atoms with Crippen molar-refractivity contribution in [1.29, 1.82) is 0 Å². The van der Waals surface area contributed by atoms with Gasteiger partial charge in [-0.1, -0.05) is 11.6 Å². The van der Waals surface area contributed by atoms with Gasteiger partial charge in [-0.15, -0.1) is 0 Å². The summed E-state index contributed by atoms with van der Waals surface area (Å²) in [5, 5.41) is 10.0. The molecule has 1 atom stereocenters. The molecule has 7 heteroatoms. The lowest BCUT2D eigenvalue weighted by molar-refractivity contribution is -0.139. The predicted octanol–water partition coefficient (Wildman–Crippen LogP) is 3.00.